The topological polar surface area (TPSA) is 72.9 Å². The first-order valence-corrected chi connectivity index (χ1v) is 9.16. The second kappa shape index (κ2) is 6.75. The molecule has 1 aromatic rings. The number of ether oxygens (including phenoxy) is 2. The highest BCUT2D eigenvalue weighted by atomic mass is 35.7. The minimum Gasteiger partial charge on any atom is -0.497 e. The van der Waals surface area contributed by atoms with E-state index in [2.05, 4.69) is 0 Å². The molecule has 1 fully saturated rings. The maximum absolute atomic E-state index is 12.0. The van der Waals surface area contributed by atoms with Gasteiger partial charge in [0.15, 0.2) is 0 Å². The molecule has 122 valence electrons. The van der Waals surface area contributed by atoms with Gasteiger partial charge in [-0.3, -0.25) is 0 Å². The lowest BCUT2D eigenvalue weighted by Gasteiger charge is -2.38. The summed E-state index contributed by atoms with van der Waals surface area (Å²) in [6.07, 6.45) is 0.482. The Labute approximate surface area is 134 Å². The molecular formula is C14H18ClNO5S. The second-order valence-electron chi connectivity index (χ2n) is 5.05. The normalized spacial score (nSPS) is 22.2. The van der Waals surface area contributed by atoms with Crippen molar-refractivity contribution in [3.63, 3.8) is 0 Å². The number of piperidine rings is 1. The van der Waals surface area contributed by atoms with Crippen LogP contribution in [0.1, 0.15) is 12.8 Å². The van der Waals surface area contributed by atoms with Crippen molar-refractivity contribution in [2.75, 3.05) is 25.7 Å². The molecule has 0 bridgehead atoms. The van der Waals surface area contributed by atoms with Crippen LogP contribution in [-0.2, 0) is 18.6 Å². The van der Waals surface area contributed by atoms with Crippen LogP contribution in [-0.4, -0.2) is 46.4 Å². The van der Waals surface area contributed by atoms with Crippen molar-refractivity contribution >= 4 is 31.4 Å². The highest BCUT2D eigenvalue weighted by molar-refractivity contribution is 8.14. The Morgan fingerprint density at radius 1 is 1.27 bits per heavy atom. The number of anilines is 1. The van der Waals surface area contributed by atoms with Gasteiger partial charge in [0, 0.05) is 22.9 Å². The van der Waals surface area contributed by atoms with E-state index < -0.39 is 26.3 Å². The van der Waals surface area contributed by atoms with Gasteiger partial charge in [-0.1, -0.05) is 0 Å². The zero-order valence-electron chi connectivity index (χ0n) is 12.4. The number of benzene rings is 1. The number of methoxy groups -OCH3 is 2. The monoisotopic (exact) mass is 347 g/mol. The molecule has 22 heavy (non-hydrogen) atoms. The number of rotatable bonds is 4. The first-order valence-electron chi connectivity index (χ1n) is 6.79. The van der Waals surface area contributed by atoms with E-state index in [1.165, 1.54) is 7.11 Å². The standard InChI is InChI=1S/C14H18ClNO5S/c1-20-11-5-3-10(4-6-11)16-8-7-12(22(15,18)19)9-13(16)14(17)21-2/h3-6,12-13H,7-9H2,1-2H3. The van der Waals surface area contributed by atoms with Crippen LogP contribution in [0.25, 0.3) is 0 Å². The summed E-state index contributed by atoms with van der Waals surface area (Å²) in [7, 11) is 4.60. The molecule has 0 aromatic heterocycles. The summed E-state index contributed by atoms with van der Waals surface area (Å²) < 4.78 is 33.0. The molecule has 2 rings (SSSR count). The first-order chi connectivity index (χ1) is 10.4. The van der Waals surface area contributed by atoms with Gasteiger partial charge in [-0.25, -0.2) is 13.2 Å². The Hall–Kier alpha value is -1.47. The molecule has 1 heterocycles. The Morgan fingerprint density at radius 2 is 1.91 bits per heavy atom. The SMILES string of the molecule is COC(=O)C1CC(S(=O)(=O)Cl)CCN1c1ccc(OC)cc1. The Bertz CT molecular complexity index is 631. The van der Waals surface area contributed by atoms with E-state index in [-0.39, 0.29) is 6.42 Å². The molecule has 0 radical (unpaired) electrons. The Balaban J connectivity index is 2.27. The van der Waals surface area contributed by atoms with Crippen LogP contribution in [0.2, 0.25) is 0 Å². The van der Waals surface area contributed by atoms with Crippen LogP contribution < -0.4 is 9.64 Å². The number of esters is 1. The molecule has 1 saturated heterocycles. The third kappa shape index (κ3) is 3.64. The number of nitrogens with zero attached hydrogens (tertiary/aromatic N) is 1. The summed E-state index contributed by atoms with van der Waals surface area (Å²) >= 11 is 0. The van der Waals surface area contributed by atoms with E-state index in [9.17, 15) is 13.2 Å². The zero-order valence-corrected chi connectivity index (χ0v) is 13.9. The molecule has 0 amide bonds. The lowest BCUT2D eigenvalue weighted by Crippen LogP contribution is -2.50. The van der Waals surface area contributed by atoms with Crippen molar-refractivity contribution < 1.29 is 22.7 Å². The van der Waals surface area contributed by atoms with Crippen molar-refractivity contribution in [3.05, 3.63) is 24.3 Å². The van der Waals surface area contributed by atoms with E-state index in [1.807, 2.05) is 17.0 Å². The van der Waals surface area contributed by atoms with Crippen LogP contribution in [0.5, 0.6) is 5.75 Å². The average molecular weight is 348 g/mol. The van der Waals surface area contributed by atoms with E-state index in [0.29, 0.717) is 18.7 Å². The average Bonchev–Trinajstić information content (AvgIpc) is 2.52. The molecular weight excluding hydrogens is 330 g/mol. The van der Waals surface area contributed by atoms with Crippen molar-refractivity contribution in [2.45, 2.75) is 24.1 Å². The molecule has 6 nitrogen and oxygen atoms in total. The van der Waals surface area contributed by atoms with E-state index in [0.717, 1.165) is 5.69 Å². The number of hydrogen-bond acceptors (Lipinski definition) is 6. The molecule has 0 spiro atoms. The van der Waals surface area contributed by atoms with Crippen molar-refractivity contribution in [1.29, 1.82) is 0 Å². The third-order valence-corrected chi connectivity index (χ3v) is 5.81. The highest BCUT2D eigenvalue weighted by Gasteiger charge is 2.39. The molecule has 0 saturated carbocycles. The number of hydrogen-bond donors (Lipinski definition) is 0. The fraction of sp³-hybridized carbons (Fsp3) is 0.500. The number of carbonyl (C=O) groups excluding carboxylic acids is 1. The maximum atomic E-state index is 12.0. The fourth-order valence-corrected chi connectivity index (χ4v) is 3.92. The Kier molecular flexibility index (Phi) is 5.18. The smallest absolute Gasteiger partial charge is 0.328 e. The van der Waals surface area contributed by atoms with Crippen LogP contribution in [0.4, 0.5) is 5.69 Å². The first kappa shape index (κ1) is 16.9. The van der Waals surface area contributed by atoms with Gasteiger partial charge in [0.2, 0.25) is 9.05 Å². The van der Waals surface area contributed by atoms with Crippen LogP contribution in [0.3, 0.4) is 0 Å². The number of halogens is 1. The van der Waals surface area contributed by atoms with Gasteiger partial charge in [0.1, 0.15) is 11.8 Å². The van der Waals surface area contributed by atoms with E-state index in [1.54, 1.807) is 19.2 Å². The van der Waals surface area contributed by atoms with Gasteiger partial charge in [0.05, 0.1) is 19.5 Å². The predicted octanol–water partition coefficient (Wildman–Crippen LogP) is 1.77. The molecule has 2 unspecified atom stereocenters. The summed E-state index contributed by atoms with van der Waals surface area (Å²) in [6.45, 7) is 0.405. The van der Waals surface area contributed by atoms with Crippen molar-refractivity contribution in [2.24, 2.45) is 0 Å². The molecule has 0 N–H and O–H groups in total. The fourth-order valence-electron chi connectivity index (χ4n) is 2.63. The highest BCUT2D eigenvalue weighted by Crippen LogP contribution is 2.31. The predicted molar refractivity (Wildman–Crippen MR) is 83.9 cm³/mol. The van der Waals surface area contributed by atoms with Gasteiger partial charge in [-0.15, -0.1) is 0 Å². The lowest BCUT2D eigenvalue weighted by molar-refractivity contribution is -0.142. The summed E-state index contributed by atoms with van der Waals surface area (Å²) in [5.74, 6) is 0.234. The second-order valence-corrected chi connectivity index (χ2v) is 7.96. The summed E-state index contributed by atoms with van der Waals surface area (Å²) in [4.78, 5) is 13.9. The minimum atomic E-state index is -3.70. The van der Waals surface area contributed by atoms with Crippen molar-refractivity contribution in [3.8, 4) is 5.75 Å². The summed E-state index contributed by atoms with van der Waals surface area (Å²) in [6, 6.07) is 6.54. The summed E-state index contributed by atoms with van der Waals surface area (Å²) in [5.41, 5.74) is 0.807. The molecule has 2 atom stereocenters. The third-order valence-electron chi connectivity index (χ3n) is 3.83. The molecule has 1 aliphatic heterocycles. The molecule has 8 heteroatoms. The molecule has 1 aromatic carbocycles. The van der Waals surface area contributed by atoms with Crippen molar-refractivity contribution in [1.82, 2.24) is 0 Å². The van der Waals surface area contributed by atoms with E-state index in [4.69, 9.17) is 20.2 Å². The maximum Gasteiger partial charge on any atom is 0.328 e. The minimum absolute atomic E-state index is 0.116. The van der Waals surface area contributed by atoms with Crippen LogP contribution >= 0.6 is 10.7 Å². The van der Waals surface area contributed by atoms with Gasteiger partial charge in [0.25, 0.3) is 0 Å². The quantitative estimate of drug-likeness (QED) is 0.610. The van der Waals surface area contributed by atoms with Crippen LogP contribution in [0, 0.1) is 0 Å². The largest absolute Gasteiger partial charge is 0.497 e. The molecule has 1 aliphatic rings. The lowest BCUT2D eigenvalue weighted by atomic mass is 10.0. The van der Waals surface area contributed by atoms with Gasteiger partial charge >= 0.3 is 5.97 Å². The van der Waals surface area contributed by atoms with E-state index >= 15 is 0 Å². The van der Waals surface area contributed by atoms with Gasteiger partial charge in [-0.2, -0.15) is 0 Å². The zero-order chi connectivity index (χ0) is 16.3. The Morgan fingerprint density at radius 3 is 2.41 bits per heavy atom. The molecule has 0 aliphatic carbocycles. The number of carbonyl (C=O) groups is 1. The van der Waals surface area contributed by atoms with Crippen LogP contribution in [0.15, 0.2) is 24.3 Å². The summed E-state index contributed by atoms with van der Waals surface area (Å²) in [5, 5.41) is -0.743. The van der Waals surface area contributed by atoms with Gasteiger partial charge in [-0.05, 0) is 37.1 Å². The van der Waals surface area contributed by atoms with Gasteiger partial charge < -0.3 is 14.4 Å².